The third-order valence-corrected chi connectivity index (χ3v) is 5.33. The third-order valence-electron chi connectivity index (χ3n) is 5.09. The van der Waals surface area contributed by atoms with E-state index in [-0.39, 0.29) is 5.41 Å². The highest BCUT2D eigenvalue weighted by atomic mass is 35.5. The fraction of sp³-hybridized carbons (Fsp3) is 0.391. The summed E-state index contributed by atoms with van der Waals surface area (Å²) < 4.78 is 19.6. The van der Waals surface area contributed by atoms with Crippen LogP contribution in [0.15, 0.2) is 36.4 Å². The molecule has 30 heavy (non-hydrogen) atoms. The number of nitrogens with zero attached hydrogens (tertiary/aromatic N) is 3. The average molecular weight is 428 g/mol. The summed E-state index contributed by atoms with van der Waals surface area (Å²) in [5, 5.41) is 9.52. The molecular weight excluding hydrogens is 402 g/mol. The molecule has 0 fully saturated rings. The molecule has 2 aromatic carbocycles. The lowest BCUT2D eigenvalue weighted by Gasteiger charge is -2.23. The van der Waals surface area contributed by atoms with Gasteiger partial charge in [0.1, 0.15) is 18.5 Å². The molecule has 0 saturated heterocycles. The van der Waals surface area contributed by atoms with Crippen molar-refractivity contribution in [2.45, 2.75) is 39.9 Å². The SMILES string of the molecule is COc1cccc([C@H]2OCc3nnc(CC(C)(C)C)n3-c3ccc(Cl)cc32)c1OC. The van der Waals surface area contributed by atoms with Crippen LogP contribution in [-0.2, 0) is 17.8 Å². The Hall–Kier alpha value is -2.57. The second kappa shape index (κ2) is 7.93. The molecule has 0 unspecified atom stereocenters. The molecule has 0 radical (unpaired) electrons. The van der Waals surface area contributed by atoms with Crippen molar-refractivity contribution in [2.24, 2.45) is 5.41 Å². The van der Waals surface area contributed by atoms with E-state index >= 15 is 0 Å². The zero-order valence-electron chi connectivity index (χ0n) is 17.9. The van der Waals surface area contributed by atoms with Crippen molar-refractivity contribution in [3.8, 4) is 17.2 Å². The summed E-state index contributed by atoms with van der Waals surface area (Å²) in [6, 6.07) is 11.6. The third kappa shape index (κ3) is 3.77. The van der Waals surface area contributed by atoms with E-state index in [1.807, 2.05) is 36.4 Å². The molecule has 2 heterocycles. The molecule has 0 spiro atoms. The van der Waals surface area contributed by atoms with Gasteiger partial charge in [-0.25, -0.2) is 0 Å². The number of aromatic nitrogens is 3. The predicted molar refractivity (Wildman–Crippen MR) is 116 cm³/mol. The second-order valence-electron chi connectivity index (χ2n) is 8.58. The van der Waals surface area contributed by atoms with Crippen LogP contribution in [0.4, 0.5) is 0 Å². The maximum Gasteiger partial charge on any atom is 0.166 e. The molecule has 6 nitrogen and oxygen atoms in total. The van der Waals surface area contributed by atoms with Crippen LogP contribution >= 0.6 is 11.6 Å². The zero-order valence-corrected chi connectivity index (χ0v) is 18.7. The van der Waals surface area contributed by atoms with Gasteiger partial charge in [-0.05, 0) is 29.7 Å². The number of rotatable bonds is 4. The summed E-state index contributed by atoms with van der Waals surface area (Å²) >= 11 is 6.41. The molecular formula is C23H26ClN3O3. The fourth-order valence-electron chi connectivity index (χ4n) is 3.88. The Kier molecular flexibility index (Phi) is 5.47. The minimum Gasteiger partial charge on any atom is -0.493 e. The van der Waals surface area contributed by atoms with Gasteiger partial charge in [0.25, 0.3) is 0 Å². The van der Waals surface area contributed by atoms with E-state index in [2.05, 4.69) is 35.5 Å². The van der Waals surface area contributed by atoms with Crippen molar-refractivity contribution < 1.29 is 14.2 Å². The van der Waals surface area contributed by atoms with Crippen LogP contribution in [-0.4, -0.2) is 29.0 Å². The molecule has 158 valence electrons. The first kappa shape index (κ1) is 20.7. The van der Waals surface area contributed by atoms with E-state index < -0.39 is 6.10 Å². The molecule has 0 bridgehead atoms. The molecule has 0 saturated carbocycles. The first-order valence-electron chi connectivity index (χ1n) is 9.88. The smallest absolute Gasteiger partial charge is 0.166 e. The van der Waals surface area contributed by atoms with Gasteiger partial charge in [-0.15, -0.1) is 10.2 Å². The van der Waals surface area contributed by atoms with Crippen LogP contribution in [0.3, 0.4) is 0 Å². The van der Waals surface area contributed by atoms with E-state index in [0.29, 0.717) is 23.1 Å². The summed E-state index contributed by atoms with van der Waals surface area (Å²) in [7, 11) is 3.26. The zero-order chi connectivity index (χ0) is 21.5. The minimum absolute atomic E-state index is 0.0684. The van der Waals surface area contributed by atoms with Gasteiger partial charge in [-0.2, -0.15) is 0 Å². The topological polar surface area (TPSA) is 58.4 Å². The lowest BCUT2D eigenvalue weighted by molar-refractivity contribution is 0.0636. The Morgan fingerprint density at radius 2 is 1.90 bits per heavy atom. The van der Waals surface area contributed by atoms with Crippen molar-refractivity contribution in [1.82, 2.24) is 14.8 Å². The number of ether oxygens (including phenoxy) is 3. The van der Waals surface area contributed by atoms with Crippen LogP contribution < -0.4 is 9.47 Å². The standard InChI is InChI=1S/C23H26ClN3O3/c1-23(2,3)12-19-25-26-20-13-30-21(15-7-6-8-18(28-4)22(15)29-5)16-11-14(24)9-10-17(16)27(19)20/h6-11,21H,12-13H2,1-5H3/t21-/m1/s1. The second-order valence-corrected chi connectivity index (χ2v) is 9.02. The molecule has 1 atom stereocenters. The van der Waals surface area contributed by atoms with Gasteiger partial charge in [0.2, 0.25) is 0 Å². The van der Waals surface area contributed by atoms with Gasteiger partial charge in [0.15, 0.2) is 17.3 Å². The van der Waals surface area contributed by atoms with Gasteiger partial charge in [-0.3, -0.25) is 4.57 Å². The van der Waals surface area contributed by atoms with Gasteiger partial charge < -0.3 is 14.2 Å². The Balaban J connectivity index is 1.91. The van der Waals surface area contributed by atoms with Crippen molar-refractivity contribution in [3.05, 3.63) is 64.2 Å². The normalized spacial score (nSPS) is 15.9. The summed E-state index contributed by atoms with van der Waals surface area (Å²) in [6.07, 6.45) is 0.391. The van der Waals surface area contributed by atoms with Gasteiger partial charge in [0, 0.05) is 22.6 Å². The molecule has 1 aliphatic heterocycles. The number of methoxy groups -OCH3 is 2. The number of benzene rings is 2. The van der Waals surface area contributed by atoms with E-state index in [1.54, 1.807) is 14.2 Å². The first-order valence-corrected chi connectivity index (χ1v) is 10.3. The predicted octanol–water partition coefficient (Wildman–Crippen LogP) is 5.15. The van der Waals surface area contributed by atoms with E-state index in [4.69, 9.17) is 25.8 Å². The molecule has 3 aromatic rings. The molecule has 0 amide bonds. The largest absolute Gasteiger partial charge is 0.493 e. The monoisotopic (exact) mass is 427 g/mol. The number of para-hydroxylation sites is 1. The maximum absolute atomic E-state index is 6.41. The van der Waals surface area contributed by atoms with Crippen LogP contribution in [0.2, 0.25) is 5.02 Å². The Morgan fingerprint density at radius 3 is 2.60 bits per heavy atom. The van der Waals surface area contributed by atoms with Gasteiger partial charge >= 0.3 is 0 Å². The molecule has 4 rings (SSSR count). The van der Waals surface area contributed by atoms with Crippen molar-refractivity contribution >= 4 is 11.6 Å². The minimum atomic E-state index is -0.395. The highest BCUT2D eigenvalue weighted by Gasteiger charge is 2.31. The maximum atomic E-state index is 6.41. The van der Waals surface area contributed by atoms with Crippen LogP contribution in [0.25, 0.3) is 5.69 Å². The quantitative estimate of drug-likeness (QED) is 0.576. The molecule has 1 aromatic heterocycles. The highest BCUT2D eigenvalue weighted by Crippen LogP contribution is 2.43. The summed E-state index contributed by atoms with van der Waals surface area (Å²) in [6.45, 7) is 6.88. The van der Waals surface area contributed by atoms with Crippen molar-refractivity contribution in [1.29, 1.82) is 0 Å². The van der Waals surface area contributed by atoms with Crippen LogP contribution in [0, 0.1) is 5.41 Å². The summed E-state index contributed by atoms with van der Waals surface area (Å²) in [5.74, 6) is 2.97. The first-order chi connectivity index (χ1) is 14.3. The average Bonchev–Trinajstić information content (AvgIpc) is 3.00. The Labute approximate surface area is 181 Å². The molecule has 0 N–H and O–H groups in total. The highest BCUT2D eigenvalue weighted by molar-refractivity contribution is 6.30. The molecule has 1 aliphatic rings. The number of hydrogen-bond donors (Lipinski definition) is 0. The van der Waals surface area contributed by atoms with E-state index in [0.717, 1.165) is 34.9 Å². The summed E-state index contributed by atoms with van der Waals surface area (Å²) in [4.78, 5) is 0. The number of fused-ring (bicyclic) bond motifs is 3. The van der Waals surface area contributed by atoms with Crippen molar-refractivity contribution in [2.75, 3.05) is 14.2 Å². The van der Waals surface area contributed by atoms with Gasteiger partial charge in [-0.1, -0.05) is 44.5 Å². The van der Waals surface area contributed by atoms with Crippen LogP contribution in [0.5, 0.6) is 11.5 Å². The van der Waals surface area contributed by atoms with Crippen LogP contribution in [0.1, 0.15) is 49.7 Å². The Bertz CT molecular complexity index is 1070. The number of hydrogen-bond acceptors (Lipinski definition) is 5. The van der Waals surface area contributed by atoms with E-state index in [9.17, 15) is 0 Å². The lowest BCUT2D eigenvalue weighted by Crippen LogP contribution is -2.15. The fourth-order valence-corrected chi connectivity index (χ4v) is 4.06. The lowest BCUT2D eigenvalue weighted by atomic mass is 9.91. The number of halogens is 1. The molecule has 7 heteroatoms. The molecule has 0 aliphatic carbocycles. The summed E-state index contributed by atoms with van der Waals surface area (Å²) in [5.41, 5.74) is 2.84. The van der Waals surface area contributed by atoms with Crippen molar-refractivity contribution in [3.63, 3.8) is 0 Å². The Morgan fingerprint density at radius 1 is 1.10 bits per heavy atom. The van der Waals surface area contributed by atoms with E-state index in [1.165, 1.54) is 0 Å². The van der Waals surface area contributed by atoms with Gasteiger partial charge in [0.05, 0.1) is 19.9 Å².